The lowest BCUT2D eigenvalue weighted by atomic mass is 10.1. The quantitative estimate of drug-likeness (QED) is 0.720. The highest BCUT2D eigenvalue weighted by Crippen LogP contribution is 2.27. The summed E-state index contributed by atoms with van der Waals surface area (Å²) in [6.07, 6.45) is 0.641. The molecule has 0 radical (unpaired) electrons. The first-order valence-electron chi connectivity index (χ1n) is 8.48. The van der Waals surface area contributed by atoms with Crippen LogP contribution in [-0.2, 0) is 11.2 Å². The van der Waals surface area contributed by atoms with E-state index < -0.39 is 6.10 Å². The number of hydrogen-bond donors (Lipinski definition) is 1. The second kappa shape index (κ2) is 9.92. The van der Waals surface area contributed by atoms with Crippen LogP contribution in [0.2, 0.25) is 5.02 Å². The molecule has 0 spiro atoms. The van der Waals surface area contributed by atoms with Crippen LogP contribution in [0, 0.1) is 0 Å². The Labute approximate surface area is 159 Å². The van der Waals surface area contributed by atoms with Crippen molar-refractivity contribution in [1.29, 1.82) is 0 Å². The van der Waals surface area contributed by atoms with Crippen LogP contribution in [-0.4, -0.2) is 32.8 Å². The summed E-state index contributed by atoms with van der Waals surface area (Å²) in [5.41, 5.74) is 1.04. The van der Waals surface area contributed by atoms with Crippen molar-refractivity contribution in [3.05, 3.63) is 53.1 Å². The summed E-state index contributed by atoms with van der Waals surface area (Å²) in [7, 11) is 3.20. The van der Waals surface area contributed by atoms with Gasteiger partial charge in [-0.25, -0.2) is 0 Å². The van der Waals surface area contributed by atoms with E-state index in [0.29, 0.717) is 41.7 Å². The maximum absolute atomic E-state index is 12.4. The monoisotopic (exact) mass is 377 g/mol. The number of methoxy groups -OCH3 is 2. The third-order valence-corrected chi connectivity index (χ3v) is 4.24. The molecule has 6 heteroatoms. The Morgan fingerprint density at radius 1 is 1.08 bits per heavy atom. The zero-order valence-electron chi connectivity index (χ0n) is 15.3. The summed E-state index contributed by atoms with van der Waals surface area (Å²) >= 11 is 6.09. The molecule has 0 fully saturated rings. The van der Waals surface area contributed by atoms with Gasteiger partial charge in [0.05, 0.1) is 19.2 Å². The van der Waals surface area contributed by atoms with E-state index in [9.17, 15) is 4.79 Å². The first kappa shape index (κ1) is 19.9. The van der Waals surface area contributed by atoms with Crippen LogP contribution in [0.3, 0.4) is 0 Å². The fraction of sp³-hybridized carbons (Fsp3) is 0.350. The van der Waals surface area contributed by atoms with Crippen LogP contribution in [0.1, 0.15) is 18.9 Å². The van der Waals surface area contributed by atoms with E-state index in [-0.39, 0.29) is 5.91 Å². The fourth-order valence-electron chi connectivity index (χ4n) is 2.50. The van der Waals surface area contributed by atoms with Crippen LogP contribution in [0.5, 0.6) is 17.2 Å². The lowest BCUT2D eigenvalue weighted by Crippen LogP contribution is -2.39. The highest BCUT2D eigenvalue weighted by Gasteiger charge is 2.19. The third kappa shape index (κ3) is 5.30. The van der Waals surface area contributed by atoms with Gasteiger partial charge in [0, 0.05) is 6.54 Å². The molecule has 0 saturated heterocycles. The second-order valence-corrected chi connectivity index (χ2v) is 6.08. The Balaban J connectivity index is 1.90. The molecule has 0 heterocycles. The number of para-hydroxylation sites is 1. The second-order valence-electron chi connectivity index (χ2n) is 5.68. The van der Waals surface area contributed by atoms with Crippen molar-refractivity contribution in [2.75, 3.05) is 20.8 Å². The van der Waals surface area contributed by atoms with Crippen molar-refractivity contribution in [3.8, 4) is 17.2 Å². The van der Waals surface area contributed by atoms with E-state index in [0.717, 1.165) is 5.56 Å². The number of carbonyl (C=O) groups is 1. The highest BCUT2D eigenvalue weighted by atomic mass is 35.5. The smallest absolute Gasteiger partial charge is 0.261 e. The van der Waals surface area contributed by atoms with E-state index in [1.807, 2.05) is 37.3 Å². The van der Waals surface area contributed by atoms with Crippen molar-refractivity contribution >= 4 is 17.5 Å². The average Bonchev–Trinajstić information content (AvgIpc) is 2.67. The summed E-state index contributed by atoms with van der Waals surface area (Å²) in [5, 5.41) is 3.40. The molecule has 0 saturated carbocycles. The molecule has 0 aromatic heterocycles. The Hall–Kier alpha value is -2.40. The van der Waals surface area contributed by atoms with Gasteiger partial charge in [-0.15, -0.1) is 0 Å². The summed E-state index contributed by atoms with van der Waals surface area (Å²) in [6, 6.07) is 12.8. The molecular formula is C20H24ClNO4. The first-order valence-corrected chi connectivity index (χ1v) is 8.86. The minimum absolute atomic E-state index is 0.159. The molecule has 2 rings (SSSR count). The Morgan fingerprint density at radius 3 is 2.46 bits per heavy atom. The van der Waals surface area contributed by atoms with Crippen LogP contribution in [0.15, 0.2) is 42.5 Å². The largest absolute Gasteiger partial charge is 0.493 e. The maximum Gasteiger partial charge on any atom is 0.261 e. The Bertz CT molecular complexity index is 736. The molecule has 0 aliphatic heterocycles. The van der Waals surface area contributed by atoms with Gasteiger partial charge in [0.1, 0.15) is 5.75 Å². The zero-order valence-corrected chi connectivity index (χ0v) is 16.0. The highest BCUT2D eigenvalue weighted by molar-refractivity contribution is 6.32. The van der Waals surface area contributed by atoms with Gasteiger partial charge in [-0.3, -0.25) is 4.79 Å². The molecule has 5 nitrogen and oxygen atoms in total. The van der Waals surface area contributed by atoms with E-state index in [1.165, 1.54) is 0 Å². The fourth-order valence-corrected chi connectivity index (χ4v) is 2.68. The standard InChI is InChI=1S/C20H24ClNO4/c1-4-16(26-17-8-6-5-7-15(17)21)20(23)22-12-11-14-9-10-18(24-2)19(13-14)25-3/h5-10,13,16H,4,11-12H2,1-3H3,(H,22,23)/t16-/m1/s1. The van der Waals surface area contributed by atoms with Gasteiger partial charge in [0.25, 0.3) is 5.91 Å². The van der Waals surface area contributed by atoms with E-state index in [4.69, 9.17) is 25.8 Å². The molecule has 1 N–H and O–H groups in total. The van der Waals surface area contributed by atoms with Gasteiger partial charge < -0.3 is 19.5 Å². The lowest BCUT2D eigenvalue weighted by molar-refractivity contribution is -0.128. The summed E-state index contributed by atoms with van der Waals surface area (Å²) < 4.78 is 16.3. The van der Waals surface area contributed by atoms with Crippen LogP contribution >= 0.6 is 11.6 Å². The minimum atomic E-state index is -0.583. The van der Waals surface area contributed by atoms with Gasteiger partial charge in [0.2, 0.25) is 0 Å². The van der Waals surface area contributed by atoms with E-state index in [1.54, 1.807) is 26.4 Å². The Morgan fingerprint density at radius 2 is 1.81 bits per heavy atom. The summed E-state index contributed by atoms with van der Waals surface area (Å²) in [4.78, 5) is 12.4. The number of ether oxygens (including phenoxy) is 3. The third-order valence-electron chi connectivity index (χ3n) is 3.93. The number of halogens is 1. The molecule has 26 heavy (non-hydrogen) atoms. The molecule has 1 atom stereocenters. The van der Waals surface area contributed by atoms with Gasteiger partial charge in [-0.05, 0) is 42.7 Å². The summed E-state index contributed by atoms with van der Waals surface area (Å²) in [6.45, 7) is 2.39. The van der Waals surface area contributed by atoms with Gasteiger partial charge >= 0.3 is 0 Å². The predicted molar refractivity (Wildman–Crippen MR) is 102 cm³/mol. The number of carbonyl (C=O) groups excluding carboxylic acids is 1. The predicted octanol–water partition coefficient (Wildman–Crippen LogP) is 3.87. The van der Waals surface area contributed by atoms with Crippen molar-refractivity contribution in [3.63, 3.8) is 0 Å². The number of nitrogens with one attached hydrogen (secondary N) is 1. The van der Waals surface area contributed by atoms with Crippen LogP contribution < -0.4 is 19.5 Å². The van der Waals surface area contributed by atoms with Crippen molar-refractivity contribution < 1.29 is 19.0 Å². The molecule has 2 aromatic rings. The molecule has 2 aromatic carbocycles. The molecule has 0 bridgehead atoms. The van der Waals surface area contributed by atoms with E-state index >= 15 is 0 Å². The normalized spacial score (nSPS) is 11.5. The summed E-state index contributed by atoms with van der Waals surface area (Å²) in [5.74, 6) is 1.70. The topological polar surface area (TPSA) is 56.8 Å². The number of hydrogen-bond acceptors (Lipinski definition) is 4. The molecule has 0 aliphatic carbocycles. The number of benzene rings is 2. The lowest BCUT2D eigenvalue weighted by Gasteiger charge is -2.18. The van der Waals surface area contributed by atoms with Crippen LogP contribution in [0.4, 0.5) is 0 Å². The molecule has 140 valence electrons. The minimum Gasteiger partial charge on any atom is -0.493 e. The average molecular weight is 378 g/mol. The Kier molecular flexibility index (Phi) is 7.60. The van der Waals surface area contributed by atoms with E-state index in [2.05, 4.69) is 5.32 Å². The van der Waals surface area contributed by atoms with Gasteiger partial charge in [-0.2, -0.15) is 0 Å². The van der Waals surface area contributed by atoms with Crippen molar-refractivity contribution in [2.45, 2.75) is 25.9 Å². The van der Waals surface area contributed by atoms with Gasteiger partial charge in [0.15, 0.2) is 17.6 Å². The maximum atomic E-state index is 12.4. The molecule has 0 aliphatic rings. The van der Waals surface area contributed by atoms with Crippen LogP contribution in [0.25, 0.3) is 0 Å². The number of rotatable bonds is 9. The SMILES string of the molecule is CC[C@@H](Oc1ccccc1Cl)C(=O)NCCc1ccc(OC)c(OC)c1. The zero-order chi connectivity index (χ0) is 18.9. The van der Waals surface area contributed by atoms with Crippen molar-refractivity contribution in [2.24, 2.45) is 0 Å². The van der Waals surface area contributed by atoms with Gasteiger partial charge in [-0.1, -0.05) is 36.7 Å². The molecular weight excluding hydrogens is 354 g/mol. The molecule has 1 amide bonds. The number of amides is 1. The first-order chi connectivity index (χ1) is 12.6. The van der Waals surface area contributed by atoms with Crippen molar-refractivity contribution in [1.82, 2.24) is 5.32 Å². The molecule has 0 unspecified atom stereocenters.